The number of phenolic OH excluding ortho intramolecular Hbond substituents is 1. The van der Waals surface area contributed by atoms with E-state index in [0.29, 0.717) is 19.5 Å². The number of carbonyl (C=O) groups is 1. The first-order chi connectivity index (χ1) is 9.32. The zero-order chi connectivity index (χ0) is 14.9. The fraction of sp³-hybridized carbons (Fsp3) is 0.533. The van der Waals surface area contributed by atoms with Crippen LogP contribution in [0, 0.1) is 5.92 Å². The summed E-state index contributed by atoms with van der Waals surface area (Å²) in [5, 5.41) is 19.4. The summed E-state index contributed by atoms with van der Waals surface area (Å²) in [5.74, 6) is 0.182. The molecule has 5 nitrogen and oxygen atoms in total. The number of benzene rings is 1. The molecule has 1 atom stereocenters. The molecule has 1 amide bonds. The molecule has 0 bridgehead atoms. The third-order valence-electron chi connectivity index (χ3n) is 4.02. The number of rotatable bonds is 4. The summed E-state index contributed by atoms with van der Waals surface area (Å²) in [6.45, 7) is 4.59. The quantitative estimate of drug-likeness (QED) is 0.748. The van der Waals surface area contributed by atoms with Gasteiger partial charge in [0.25, 0.3) is 0 Å². The number of hydrogen-bond donors (Lipinski definition) is 3. The topological polar surface area (TPSA) is 86.8 Å². The number of nitrogens with zero attached hydrogens (tertiary/aromatic N) is 1. The number of carbonyl (C=O) groups excluding carboxylic acids is 1. The zero-order valence-electron chi connectivity index (χ0n) is 11.9. The first-order valence-corrected chi connectivity index (χ1v) is 6.86. The van der Waals surface area contributed by atoms with Gasteiger partial charge in [0.15, 0.2) is 0 Å². The normalized spacial score (nSPS) is 18.8. The van der Waals surface area contributed by atoms with Crippen molar-refractivity contribution in [1.29, 1.82) is 0 Å². The molecule has 110 valence electrons. The smallest absolute Gasteiger partial charge is 0.240 e. The predicted octanol–water partition coefficient (Wildman–Crippen LogP) is 0.491. The Labute approximate surface area is 119 Å². The monoisotopic (exact) mass is 278 g/mol. The van der Waals surface area contributed by atoms with Gasteiger partial charge in [-0.3, -0.25) is 4.79 Å². The Hall–Kier alpha value is -1.59. The Kier molecular flexibility index (Phi) is 4.01. The minimum Gasteiger partial charge on any atom is -0.508 e. The summed E-state index contributed by atoms with van der Waals surface area (Å²) in [6, 6.07) is 6.05. The average molecular weight is 278 g/mol. The fourth-order valence-corrected chi connectivity index (χ4v) is 2.34. The lowest BCUT2D eigenvalue weighted by atomic mass is 9.82. The number of amides is 1. The van der Waals surface area contributed by atoms with Crippen molar-refractivity contribution < 1.29 is 15.0 Å². The molecule has 5 heteroatoms. The van der Waals surface area contributed by atoms with Crippen LogP contribution in [0.2, 0.25) is 0 Å². The van der Waals surface area contributed by atoms with E-state index in [9.17, 15) is 15.0 Å². The SMILES string of the molecule is CC(C)C1(O)CN(C(=O)C(N)Cc2ccc(O)cc2)C1. The maximum atomic E-state index is 12.1. The van der Waals surface area contributed by atoms with Crippen LogP contribution in [0.25, 0.3) is 0 Å². The molecule has 2 rings (SSSR count). The first-order valence-electron chi connectivity index (χ1n) is 6.86. The van der Waals surface area contributed by atoms with E-state index >= 15 is 0 Å². The second-order valence-corrected chi connectivity index (χ2v) is 5.93. The summed E-state index contributed by atoms with van der Waals surface area (Å²) in [6.07, 6.45) is 0.426. The number of phenols is 1. The van der Waals surface area contributed by atoms with Gasteiger partial charge in [0.2, 0.25) is 5.91 Å². The van der Waals surface area contributed by atoms with E-state index in [1.54, 1.807) is 29.2 Å². The molecule has 4 N–H and O–H groups in total. The van der Waals surface area contributed by atoms with Crippen molar-refractivity contribution >= 4 is 5.91 Å². The molecule has 1 aliphatic heterocycles. The van der Waals surface area contributed by atoms with Crippen LogP contribution in [0.5, 0.6) is 5.75 Å². The van der Waals surface area contributed by atoms with Crippen LogP contribution >= 0.6 is 0 Å². The summed E-state index contributed by atoms with van der Waals surface area (Å²) in [4.78, 5) is 13.7. The van der Waals surface area contributed by atoms with Crippen LogP contribution in [0.4, 0.5) is 0 Å². The lowest BCUT2D eigenvalue weighted by molar-refractivity contribution is -0.165. The summed E-state index contributed by atoms with van der Waals surface area (Å²) >= 11 is 0. The van der Waals surface area contributed by atoms with Crippen LogP contribution in [-0.2, 0) is 11.2 Å². The number of nitrogens with two attached hydrogens (primary N) is 1. The second-order valence-electron chi connectivity index (χ2n) is 5.93. The summed E-state index contributed by atoms with van der Waals surface area (Å²) in [7, 11) is 0. The molecule has 0 saturated carbocycles. The summed E-state index contributed by atoms with van der Waals surface area (Å²) in [5.41, 5.74) is 6.06. The molecule has 1 heterocycles. The molecule has 1 aromatic rings. The molecule has 0 aliphatic carbocycles. The Balaban J connectivity index is 1.89. The highest BCUT2D eigenvalue weighted by Crippen LogP contribution is 2.29. The Bertz CT molecular complexity index is 478. The van der Waals surface area contributed by atoms with Crippen molar-refractivity contribution in [1.82, 2.24) is 4.90 Å². The average Bonchev–Trinajstić information content (AvgIpc) is 2.36. The molecular formula is C15H22N2O3. The standard InChI is InChI=1S/C15H22N2O3/c1-10(2)15(20)8-17(9-15)14(19)13(16)7-11-3-5-12(18)6-4-11/h3-6,10,13,18,20H,7-9,16H2,1-2H3. The van der Waals surface area contributed by atoms with Crippen molar-refractivity contribution in [2.75, 3.05) is 13.1 Å². The molecule has 1 saturated heterocycles. The molecular weight excluding hydrogens is 256 g/mol. The molecule has 0 radical (unpaired) electrons. The highest BCUT2D eigenvalue weighted by Gasteiger charge is 2.46. The molecule has 0 spiro atoms. The molecule has 1 fully saturated rings. The van der Waals surface area contributed by atoms with E-state index in [1.807, 2.05) is 13.8 Å². The number of likely N-dealkylation sites (tertiary alicyclic amines) is 1. The van der Waals surface area contributed by atoms with Gasteiger partial charge in [0, 0.05) is 0 Å². The Morgan fingerprint density at radius 2 is 1.90 bits per heavy atom. The highest BCUT2D eigenvalue weighted by atomic mass is 16.3. The molecule has 1 unspecified atom stereocenters. The number of aliphatic hydroxyl groups is 1. The van der Waals surface area contributed by atoms with Gasteiger partial charge in [-0.15, -0.1) is 0 Å². The fourth-order valence-electron chi connectivity index (χ4n) is 2.34. The minimum absolute atomic E-state index is 0.125. The number of hydrogen-bond acceptors (Lipinski definition) is 4. The van der Waals surface area contributed by atoms with Crippen molar-refractivity contribution in [2.45, 2.75) is 31.9 Å². The van der Waals surface area contributed by atoms with Gasteiger partial charge in [-0.25, -0.2) is 0 Å². The van der Waals surface area contributed by atoms with Crippen molar-refractivity contribution in [3.8, 4) is 5.75 Å². The van der Waals surface area contributed by atoms with Crippen LogP contribution < -0.4 is 5.73 Å². The number of aromatic hydroxyl groups is 1. The van der Waals surface area contributed by atoms with E-state index in [0.717, 1.165) is 5.56 Å². The zero-order valence-corrected chi connectivity index (χ0v) is 11.9. The first kappa shape index (κ1) is 14.8. The Morgan fingerprint density at radius 3 is 2.40 bits per heavy atom. The van der Waals surface area contributed by atoms with Crippen molar-refractivity contribution in [3.63, 3.8) is 0 Å². The molecule has 20 heavy (non-hydrogen) atoms. The van der Waals surface area contributed by atoms with Crippen LogP contribution in [0.15, 0.2) is 24.3 Å². The van der Waals surface area contributed by atoms with Gasteiger partial charge in [-0.2, -0.15) is 0 Å². The minimum atomic E-state index is -0.770. The maximum Gasteiger partial charge on any atom is 0.240 e. The third kappa shape index (κ3) is 2.94. The second kappa shape index (κ2) is 5.42. The molecule has 0 aromatic heterocycles. The van der Waals surface area contributed by atoms with Gasteiger partial charge in [0.05, 0.1) is 19.1 Å². The lowest BCUT2D eigenvalue weighted by Crippen LogP contribution is -2.68. The molecule has 1 aliphatic rings. The maximum absolute atomic E-state index is 12.1. The highest BCUT2D eigenvalue weighted by molar-refractivity contribution is 5.83. The van der Waals surface area contributed by atoms with Gasteiger partial charge in [-0.05, 0) is 30.0 Å². The Morgan fingerprint density at radius 1 is 1.35 bits per heavy atom. The molecule has 1 aromatic carbocycles. The summed E-state index contributed by atoms with van der Waals surface area (Å²) < 4.78 is 0. The van der Waals surface area contributed by atoms with Gasteiger partial charge < -0.3 is 20.8 Å². The van der Waals surface area contributed by atoms with E-state index in [4.69, 9.17) is 5.73 Å². The van der Waals surface area contributed by atoms with E-state index < -0.39 is 11.6 Å². The van der Waals surface area contributed by atoms with E-state index in [-0.39, 0.29) is 17.6 Å². The largest absolute Gasteiger partial charge is 0.508 e. The van der Waals surface area contributed by atoms with Gasteiger partial charge in [-0.1, -0.05) is 26.0 Å². The lowest BCUT2D eigenvalue weighted by Gasteiger charge is -2.49. The van der Waals surface area contributed by atoms with E-state index in [2.05, 4.69) is 0 Å². The van der Waals surface area contributed by atoms with Gasteiger partial charge >= 0.3 is 0 Å². The van der Waals surface area contributed by atoms with E-state index in [1.165, 1.54) is 0 Å². The number of β-amino-alcohol motifs (C(OH)–C–C–N with tert-alkyl or cyclic N) is 1. The predicted molar refractivity (Wildman–Crippen MR) is 76.2 cm³/mol. The van der Waals surface area contributed by atoms with Crippen molar-refractivity contribution in [3.05, 3.63) is 29.8 Å². The third-order valence-corrected chi connectivity index (χ3v) is 4.02. The van der Waals surface area contributed by atoms with Crippen molar-refractivity contribution in [2.24, 2.45) is 11.7 Å². The van der Waals surface area contributed by atoms with Crippen LogP contribution in [0.1, 0.15) is 19.4 Å². The van der Waals surface area contributed by atoms with Gasteiger partial charge in [0.1, 0.15) is 11.4 Å². The van der Waals surface area contributed by atoms with Crippen LogP contribution in [0.3, 0.4) is 0 Å². The van der Waals surface area contributed by atoms with Crippen LogP contribution in [-0.4, -0.2) is 45.8 Å².